The molecule has 0 radical (unpaired) electrons. The van der Waals surface area contributed by atoms with E-state index in [0.29, 0.717) is 23.4 Å². The first kappa shape index (κ1) is 16.5. The molecule has 2 aromatic rings. The molecule has 1 heterocycles. The number of hydrogen-bond donors (Lipinski definition) is 0. The van der Waals surface area contributed by atoms with Crippen LogP contribution in [0.5, 0.6) is 0 Å². The first-order valence-corrected chi connectivity index (χ1v) is 10.4. The van der Waals surface area contributed by atoms with Crippen LogP contribution in [-0.2, 0) is 33.1 Å². The van der Waals surface area contributed by atoms with Crippen LogP contribution in [0.1, 0.15) is 12.7 Å². The molecule has 1 aromatic heterocycles. The third-order valence-electron chi connectivity index (χ3n) is 3.35. The summed E-state index contributed by atoms with van der Waals surface area (Å²) in [6.45, 7) is 2.36. The molecule has 0 amide bonds. The number of aromatic nitrogens is 2. The first-order valence-electron chi connectivity index (χ1n) is 6.32. The Balaban J connectivity index is 2.68. The van der Waals surface area contributed by atoms with E-state index in [1.54, 1.807) is 18.4 Å². The van der Waals surface area contributed by atoms with Crippen LogP contribution >= 0.6 is 11.6 Å². The van der Waals surface area contributed by atoms with Crippen molar-refractivity contribution in [1.82, 2.24) is 9.55 Å². The van der Waals surface area contributed by atoms with Crippen LogP contribution in [0.25, 0.3) is 11.0 Å². The summed E-state index contributed by atoms with van der Waals surface area (Å²) in [5.74, 6) is 0.751. The fraction of sp³-hybridized carbons (Fsp3) is 0.462. The molecule has 116 valence electrons. The smallest absolute Gasteiger partial charge is 0.177 e. The van der Waals surface area contributed by atoms with E-state index in [4.69, 9.17) is 11.6 Å². The lowest BCUT2D eigenvalue weighted by Crippen LogP contribution is -2.18. The molecule has 1 aromatic carbocycles. The highest BCUT2D eigenvalue weighted by molar-refractivity contribution is 7.91. The highest BCUT2D eigenvalue weighted by Gasteiger charge is 2.20. The number of nitrogens with zero attached hydrogens (tertiary/aromatic N) is 2. The van der Waals surface area contributed by atoms with E-state index in [9.17, 15) is 12.6 Å². The Kier molecular flexibility index (Phi) is 4.75. The second-order valence-electron chi connectivity index (χ2n) is 4.98. The Morgan fingerprint density at radius 2 is 2.10 bits per heavy atom. The number of halogens is 1. The van der Waals surface area contributed by atoms with Crippen LogP contribution in [0, 0.1) is 0 Å². The van der Waals surface area contributed by atoms with Crippen molar-refractivity contribution in [2.45, 2.75) is 29.5 Å². The Morgan fingerprint density at radius 1 is 1.43 bits per heavy atom. The van der Waals surface area contributed by atoms with Gasteiger partial charge in [0, 0.05) is 35.1 Å². The second-order valence-corrected chi connectivity index (χ2v) is 9.03. The maximum Gasteiger partial charge on any atom is 0.177 e. The van der Waals surface area contributed by atoms with Crippen molar-refractivity contribution in [3.63, 3.8) is 0 Å². The van der Waals surface area contributed by atoms with E-state index in [1.807, 2.05) is 11.5 Å². The van der Waals surface area contributed by atoms with Crippen molar-refractivity contribution in [2.75, 3.05) is 12.5 Å². The normalized spacial score (nSPS) is 15.2. The molecular weight excluding hydrogens is 332 g/mol. The highest BCUT2D eigenvalue weighted by Crippen LogP contribution is 2.25. The lowest BCUT2D eigenvalue weighted by Gasteiger charge is -2.12. The summed E-state index contributed by atoms with van der Waals surface area (Å²) in [5, 5.41) is -0.0775. The van der Waals surface area contributed by atoms with Crippen LogP contribution in [0.4, 0.5) is 0 Å². The SMILES string of the molecule is CC(Cn1c(CCl)nc2c(S(C)(=O)=O)cccc21)S(C)=O. The Hall–Kier alpha value is -0.920. The van der Waals surface area contributed by atoms with Crippen LogP contribution in [0.15, 0.2) is 23.1 Å². The number of para-hydroxylation sites is 1. The van der Waals surface area contributed by atoms with Gasteiger partial charge in [0.15, 0.2) is 9.84 Å². The van der Waals surface area contributed by atoms with Crippen LogP contribution in [0.2, 0.25) is 0 Å². The van der Waals surface area contributed by atoms with E-state index in [-0.39, 0.29) is 16.0 Å². The van der Waals surface area contributed by atoms with Crippen LogP contribution in [-0.4, -0.2) is 39.9 Å². The molecule has 2 unspecified atom stereocenters. The monoisotopic (exact) mass is 348 g/mol. The molecule has 0 N–H and O–H groups in total. The minimum Gasteiger partial charge on any atom is -0.326 e. The maximum atomic E-state index is 11.9. The molecule has 0 aliphatic carbocycles. The van der Waals surface area contributed by atoms with Crippen LogP contribution < -0.4 is 0 Å². The van der Waals surface area contributed by atoms with Gasteiger partial charge in [-0.3, -0.25) is 4.21 Å². The van der Waals surface area contributed by atoms with Crippen LogP contribution in [0.3, 0.4) is 0 Å². The number of rotatable bonds is 5. The van der Waals surface area contributed by atoms with Gasteiger partial charge < -0.3 is 4.57 Å². The second kappa shape index (κ2) is 6.06. The van der Waals surface area contributed by atoms with Gasteiger partial charge in [0.2, 0.25) is 0 Å². The Bertz CT molecular complexity index is 799. The number of imidazole rings is 1. The third kappa shape index (κ3) is 3.30. The standard InChI is InChI=1S/C13H17ClN2O3S2/c1-9(20(2)17)8-16-10-5-4-6-11(21(3,18)19)13(10)15-12(16)7-14/h4-6,9H,7-8H2,1-3H3. The number of hydrogen-bond acceptors (Lipinski definition) is 4. The molecule has 2 atom stereocenters. The zero-order valence-electron chi connectivity index (χ0n) is 12.0. The van der Waals surface area contributed by atoms with E-state index in [0.717, 1.165) is 6.26 Å². The molecule has 2 rings (SSSR count). The Labute approximate surface area is 131 Å². The van der Waals surface area contributed by atoms with Crippen molar-refractivity contribution in [3.05, 3.63) is 24.0 Å². The van der Waals surface area contributed by atoms with Crippen molar-refractivity contribution in [2.24, 2.45) is 0 Å². The largest absolute Gasteiger partial charge is 0.326 e. The predicted molar refractivity (Wildman–Crippen MR) is 85.9 cm³/mol. The van der Waals surface area contributed by atoms with Gasteiger partial charge in [-0.25, -0.2) is 13.4 Å². The van der Waals surface area contributed by atoms with E-state index >= 15 is 0 Å². The molecule has 0 bridgehead atoms. The van der Waals surface area contributed by atoms with E-state index < -0.39 is 20.6 Å². The van der Waals surface area contributed by atoms with Crippen molar-refractivity contribution in [3.8, 4) is 0 Å². The molecule has 5 nitrogen and oxygen atoms in total. The highest BCUT2D eigenvalue weighted by atomic mass is 35.5. The summed E-state index contributed by atoms with van der Waals surface area (Å²) < 4.78 is 37.1. The summed E-state index contributed by atoms with van der Waals surface area (Å²) in [6.07, 6.45) is 2.80. The maximum absolute atomic E-state index is 11.9. The van der Waals surface area contributed by atoms with Gasteiger partial charge in [-0.15, -0.1) is 11.6 Å². The zero-order valence-corrected chi connectivity index (χ0v) is 14.4. The molecule has 0 fully saturated rings. The lowest BCUT2D eigenvalue weighted by atomic mass is 10.3. The summed E-state index contributed by atoms with van der Waals surface area (Å²) in [6, 6.07) is 5.02. The van der Waals surface area contributed by atoms with Gasteiger partial charge in [0.25, 0.3) is 0 Å². The van der Waals surface area contributed by atoms with Gasteiger partial charge in [-0.05, 0) is 19.1 Å². The van der Waals surface area contributed by atoms with Crippen molar-refractivity contribution in [1.29, 1.82) is 0 Å². The van der Waals surface area contributed by atoms with Gasteiger partial charge in [-0.2, -0.15) is 0 Å². The third-order valence-corrected chi connectivity index (χ3v) is 6.00. The molecule has 8 heteroatoms. The summed E-state index contributed by atoms with van der Waals surface area (Å²) in [7, 11) is -4.35. The minimum absolute atomic E-state index is 0.0775. The molecule has 0 saturated heterocycles. The molecular formula is C13H17ClN2O3S2. The summed E-state index contributed by atoms with van der Waals surface area (Å²) in [4.78, 5) is 4.55. The topological polar surface area (TPSA) is 69.0 Å². The number of benzene rings is 1. The molecule has 0 aliphatic rings. The Morgan fingerprint density at radius 3 is 2.62 bits per heavy atom. The molecule has 0 saturated carbocycles. The van der Waals surface area contributed by atoms with Gasteiger partial charge in [0.05, 0.1) is 16.3 Å². The summed E-state index contributed by atoms with van der Waals surface area (Å²) in [5.41, 5.74) is 1.12. The van der Waals surface area contributed by atoms with Crippen molar-refractivity contribution >= 4 is 43.3 Å². The number of fused-ring (bicyclic) bond motifs is 1. The average molecular weight is 349 g/mol. The molecule has 0 aliphatic heterocycles. The van der Waals surface area contributed by atoms with Gasteiger partial charge in [-0.1, -0.05) is 6.07 Å². The first-order chi connectivity index (χ1) is 9.75. The molecule has 0 spiro atoms. The number of sulfone groups is 1. The quantitative estimate of drug-likeness (QED) is 0.774. The van der Waals surface area contributed by atoms with Crippen molar-refractivity contribution < 1.29 is 12.6 Å². The van der Waals surface area contributed by atoms with E-state index in [2.05, 4.69) is 4.98 Å². The average Bonchev–Trinajstić information content (AvgIpc) is 2.75. The van der Waals surface area contributed by atoms with Gasteiger partial charge in [0.1, 0.15) is 11.3 Å². The number of alkyl halides is 1. The molecule has 21 heavy (non-hydrogen) atoms. The fourth-order valence-corrected chi connectivity index (χ4v) is 3.53. The zero-order chi connectivity index (χ0) is 15.8. The fourth-order valence-electron chi connectivity index (χ4n) is 2.14. The summed E-state index contributed by atoms with van der Waals surface area (Å²) >= 11 is 5.92. The van der Waals surface area contributed by atoms with Gasteiger partial charge >= 0.3 is 0 Å². The van der Waals surface area contributed by atoms with E-state index in [1.165, 1.54) is 6.07 Å². The minimum atomic E-state index is -3.36. The predicted octanol–water partition coefficient (Wildman–Crippen LogP) is 1.95. The lowest BCUT2D eigenvalue weighted by molar-refractivity contribution is 0.602.